The van der Waals surface area contributed by atoms with Gasteiger partial charge in [-0.3, -0.25) is 9.88 Å². The third-order valence-corrected chi connectivity index (χ3v) is 3.91. The van der Waals surface area contributed by atoms with E-state index in [4.69, 9.17) is 4.74 Å². The minimum atomic E-state index is -0.327. The number of aromatic nitrogens is 3. The van der Waals surface area contributed by atoms with Gasteiger partial charge in [0.15, 0.2) is 0 Å². The van der Waals surface area contributed by atoms with Crippen LogP contribution in [0, 0.1) is 0 Å². The van der Waals surface area contributed by atoms with Crippen molar-refractivity contribution in [2.75, 3.05) is 13.7 Å². The zero-order valence-corrected chi connectivity index (χ0v) is 12.7. The lowest BCUT2D eigenvalue weighted by Crippen LogP contribution is -2.28. The molecular formula is C16H20N4O2. The number of carbonyl (C=O) groups excluding carboxylic acids is 1. The molecule has 0 unspecified atom stereocenters. The molecule has 3 rings (SSSR count). The number of hydrogen-bond donors (Lipinski definition) is 0. The van der Waals surface area contributed by atoms with Gasteiger partial charge in [-0.1, -0.05) is 0 Å². The van der Waals surface area contributed by atoms with Gasteiger partial charge in [-0.2, -0.15) is 0 Å². The molecule has 0 atom stereocenters. The molecule has 0 radical (unpaired) electrons. The van der Waals surface area contributed by atoms with E-state index >= 15 is 0 Å². The summed E-state index contributed by atoms with van der Waals surface area (Å²) in [6.07, 6.45) is 7.85. The van der Waals surface area contributed by atoms with Crippen LogP contribution in [-0.4, -0.2) is 39.1 Å². The number of hydrogen-bond acceptors (Lipinski definition) is 5. The van der Waals surface area contributed by atoms with Crippen LogP contribution in [0.3, 0.4) is 0 Å². The molecule has 0 aromatic carbocycles. The number of esters is 1. The summed E-state index contributed by atoms with van der Waals surface area (Å²) < 4.78 is 6.97. The number of methoxy groups -OCH3 is 1. The molecule has 1 aliphatic rings. The monoisotopic (exact) mass is 300 g/mol. The SMILES string of the molecule is COC(=O)c1ccnc(CN2CCCCn3ccnc3C2)c1. The van der Waals surface area contributed by atoms with Crippen molar-refractivity contribution in [1.82, 2.24) is 19.4 Å². The van der Waals surface area contributed by atoms with Crippen molar-refractivity contribution in [2.24, 2.45) is 0 Å². The summed E-state index contributed by atoms with van der Waals surface area (Å²) in [6.45, 7) is 3.56. The van der Waals surface area contributed by atoms with Crippen molar-refractivity contribution in [3.63, 3.8) is 0 Å². The molecule has 2 aromatic rings. The minimum absolute atomic E-state index is 0.327. The predicted molar refractivity (Wildman–Crippen MR) is 81.2 cm³/mol. The van der Waals surface area contributed by atoms with Gasteiger partial charge in [0.05, 0.1) is 24.9 Å². The number of ether oxygens (including phenoxy) is 1. The van der Waals surface area contributed by atoms with Crippen LogP contribution < -0.4 is 0 Å². The van der Waals surface area contributed by atoms with E-state index in [1.54, 1.807) is 18.3 Å². The Morgan fingerprint density at radius 1 is 1.27 bits per heavy atom. The molecule has 6 nitrogen and oxygen atoms in total. The topological polar surface area (TPSA) is 60.2 Å². The van der Waals surface area contributed by atoms with Crippen molar-refractivity contribution in [3.05, 3.63) is 47.8 Å². The molecule has 0 saturated carbocycles. The molecule has 0 bridgehead atoms. The van der Waals surface area contributed by atoms with Crippen molar-refractivity contribution in [1.29, 1.82) is 0 Å². The van der Waals surface area contributed by atoms with Crippen LogP contribution in [0.4, 0.5) is 0 Å². The Morgan fingerprint density at radius 2 is 2.14 bits per heavy atom. The molecule has 0 aliphatic carbocycles. The van der Waals surface area contributed by atoms with E-state index < -0.39 is 0 Å². The summed E-state index contributed by atoms with van der Waals surface area (Å²) in [6, 6.07) is 3.48. The second kappa shape index (κ2) is 6.70. The summed E-state index contributed by atoms with van der Waals surface area (Å²) >= 11 is 0. The summed E-state index contributed by atoms with van der Waals surface area (Å²) in [5, 5.41) is 0. The molecule has 116 valence electrons. The molecule has 0 N–H and O–H groups in total. The Hall–Kier alpha value is -2.21. The second-order valence-corrected chi connectivity index (χ2v) is 5.48. The van der Waals surface area contributed by atoms with Crippen LogP contribution in [0.1, 0.15) is 34.7 Å². The van der Waals surface area contributed by atoms with Crippen molar-refractivity contribution < 1.29 is 9.53 Å². The lowest BCUT2D eigenvalue weighted by Gasteiger charge is -2.24. The highest BCUT2D eigenvalue weighted by Gasteiger charge is 2.15. The fourth-order valence-electron chi connectivity index (χ4n) is 2.77. The molecule has 0 spiro atoms. The van der Waals surface area contributed by atoms with Gasteiger partial charge in [-0.25, -0.2) is 9.78 Å². The van der Waals surface area contributed by atoms with Gasteiger partial charge in [0.25, 0.3) is 0 Å². The standard InChI is InChI=1S/C16H20N4O2/c1-22-16(21)13-4-5-17-14(10-13)11-19-7-2-3-8-20-9-6-18-15(20)12-19/h4-6,9-10H,2-3,7-8,11-12H2,1H3. The maximum absolute atomic E-state index is 11.6. The lowest BCUT2D eigenvalue weighted by atomic mass is 10.2. The number of imidazole rings is 1. The van der Waals surface area contributed by atoms with Gasteiger partial charge in [0.1, 0.15) is 5.82 Å². The molecule has 2 aromatic heterocycles. The van der Waals surface area contributed by atoms with Gasteiger partial charge in [-0.15, -0.1) is 0 Å². The maximum atomic E-state index is 11.6. The molecular weight excluding hydrogens is 280 g/mol. The van der Waals surface area contributed by atoms with Gasteiger partial charge >= 0.3 is 5.97 Å². The van der Waals surface area contributed by atoms with Crippen LogP contribution in [0.2, 0.25) is 0 Å². The van der Waals surface area contributed by atoms with Gasteiger partial charge in [0, 0.05) is 31.7 Å². The van der Waals surface area contributed by atoms with E-state index in [9.17, 15) is 4.79 Å². The van der Waals surface area contributed by atoms with Crippen LogP contribution in [0.5, 0.6) is 0 Å². The summed E-state index contributed by atoms with van der Waals surface area (Å²) in [5.74, 6) is 0.760. The van der Waals surface area contributed by atoms with E-state index in [0.717, 1.165) is 44.0 Å². The van der Waals surface area contributed by atoms with Gasteiger partial charge in [0.2, 0.25) is 0 Å². The second-order valence-electron chi connectivity index (χ2n) is 5.48. The molecule has 0 amide bonds. The van der Waals surface area contributed by atoms with E-state index in [1.807, 2.05) is 12.4 Å². The number of carbonyl (C=O) groups is 1. The molecule has 0 fully saturated rings. The maximum Gasteiger partial charge on any atom is 0.337 e. The first kappa shape index (κ1) is 14.7. The Morgan fingerprint density at radius 3 is 3.00 bits per heavy atom. The third kappa shape index (κ3) is 3.33. The molecule has 3 heterocycles. The van der Waals surface area contributed by atoms with Crippen LogP contribution in [0.15, 0.2) is 30.7 Å². The van der Waals surface area contributed by atoms with Crippen LogP contribution in [0.25, 0.3) is 0 Å². The zero-order chi connectivity index (χ0) is 15.4. The first-order valence-electron chi connectivity index (χ1n) is 7.52. The highest BCUT2D eigenvalue weighted by molar-refractivity contribution is 5.89. The lowest BCUT2D eigenvalue weighted by molar-refractivity contribution is 0.0600. The number of rotatable bonds is 3. The number of fused-ring (bicyclic) bond motifs is 1. The first-order valence-corrected chi connectivity index (χ1v) is 7.52. The molecule has 6 heteroatoms. The molecule has 1 aliphatic heterocycles. The highest BCUT2D eigenvalue weighted by atomic mass is 16.5. The van der Waals surface area contributed by atoms with Crippen molar-refractivity contribution >= 4 is 5.97 Å². The van der Waals surface area contributed by atoms with Crippen molar-refractivity contribution in [3.8, 4) is 0 Å². The Balaban J connectivity index is 1.74. The van der Waals surface area contributed by atoms with Crippen LogP contribution in [-0.2, 0) is 24.4 Å². The minimum Gasteiger partial charge on any atom is -0.465 e. The molecule has 22 heavy (non-hydrogen) atoms. The van der Waals surface area contributed by atoms with E-state index in [-0.39, 0.29) is 5.97 Å². The normalized spacial score (nSPS) is 15.7. The van der Waals surface area contributed by atoms with Gasteiger partial charge < -0.3 is 9.30 Å². The average molecular weight is 300 g/mol. The number of aryl methyl sites for hydroxylation is 1. The molecule has 0 saturated heterocycles. The third-order valence-electron chi connectivity index (χ3n) is 3.91. The van der Waals surface area contributed by atoms with E-state index in [1.165, 1.54) is 7.11 Å². The Labute approximate surface area is 129 Å². The Kier molecular flexibility index (Phi) is 4.48. The summed E-state index contributed by atoms with van der Waals surface area (Å²) in [7, 11) is 1.39. The predicted octanol–water partition coefficient (Wildman–Crippen LogP) is 1.86. The number of nitrogens with zero attached hydrogens (tertiary/aromatic N) is 4. The fourth-order valence-corrected chi connectivity index (χ4v) is 2.77. The highest BCUT2D eigenvalue weighted by Crippen LogP contribution is 2.14. The van der Waals surface area contributed by atoms with Crippen molar-refractivity contribution in [2.45, 2.75) is 32.5 Å². The van der Waals surface area contributed by atoms with Crippen LogP contribution >= 0.6 is 0 Å². The van der Waals surface area contributed by atoms with E-state index in [2.05, 4.69) is 19.4 Å². The largest absolute Gasteiger partial charge is 0.465 e. The average Bonchev–Trinajstić information content (AvgIpc) is 2.94. The quantitative estimate of drug-likeness (QED) is 0.810. The smallest absolute Gasteiger partial charge is 0.337 e. The fraction of sp³-hybridized carbons (Fsp3) is 0.438. The summed E-state index contributed by atoms with van der Waals surface area (Å²) in [5.41, 5.74) is 1.42. The Bertz CT molecular complexity index is 653. The first-order chi connectivity index (χ1) is 10.8. The van der Waals surface area contributed by atoms with E-state index in [0.29, 0.717) is 12.1 Å². The van der Waals surface area contributed by atoms with Gasteiger partial charge in [-0.05, 0) is 31.5 Å². The number of pyridine rings is 1. The summed E-state index contributed by atoms with van der Waals surface area (Å²) in [4.78, 5) is 22.7. The zero-order valence-electron chi connectivity index (χ0n) is 12.7.